The first-order valence-electron chi connectivity index (χ1n) is 4.73. The summed E-state index contributed by atoms with van der Waals surface area (Å²) in [6.45, 7) is -1.02. The third-order valence-electron chi connectivity index (χ3n) is 2.17. The van der Waals surface area contributed by atoms with E-state index in [4.69, 9.17) is 5.26 Å². The molecule has 8 heteroatoms. The van der Waals surface area contributed by atoms with Crippen LogP contribution in [0.15, 0.2) is 23.1 Å². The summed E-state index contributed by atoms with van der Waals surface area (Å²) in [7, 11) is -3.37. The molecule has 18 heavy (non-hydrogen) atoms. The van der Waals surface area contributed by atoms with Crippen LogP contribution in [0.5, 0.6) is 0 Å². The Morgan fingerprint density at radius 1 is 1.44 bits per heavy atom. The van der Waals surface area contributed by atoms with Crippen molar-refractivity contribution in [2.24, 2.45) is 0 Å². The van der Waals surface area contributed by atoms with Gasteiger partial charge in [0.25, 0.3) is 6.43 Å². The molecule has 0 saturated carbocycles. The van der Waals surface area contributed by atoms with Gasteiger partial charge in [-0.1, -0.05) is 6.07 Å². The maximum absolute atomic E-state index is 13.3. The quantitative estimate of drug-likeness (QED) is 0.840. The highest BCUT2D eigenvalue weighted by Crippen LogP contribution is 2.21. The highest BCUT2D eigenvalue weighted by Gasteiger charge is 2.27. The lowest BCUT2D eigenvalue weighted by Gasteiger charge is -2.17. The van der Waals surface area contributed by atoms with E-state index in [9.17, 15) is 21.6 Å². The second kappa shape index (κ2) is 5.37. The molecule has 4 nitrogen and oxygen atoms in total. The van der Waals surface area contributed by atoms with Gasteiger partial charge in [0.15, 0.2) is 0 Å². The highest BCUT2D eigenvalue weighted by molar-refractivity contribution is 7.89. The largest absolute Gasteiger partial charge is 0.252 e. The van der Waals surface area contributed by atoms with E-state index in [1.807, 2.05) is 0 Å². The molecule has 0 radical (unpaired) electrons. The Morgan fingerprint density at radius 2 is 2.06 bits per heavy atom. The Bertz CT molecular complexity index is 581. The molecule has 98 valence electrons. The molecule has 0 amide bonds. The fraction of sp³-hybridized carbons (Fsp3) is 0.300. The van der Waals surface area contributed by atoms with Gasteiger partial charge >= 0.3 is 0 Å². The van der Waals surface area contributed by atoms with Gasteiger partial charge in [0.2, 0.25) is 10.0 Å². The normalized spacial score (nSPS) is 11.8. The average Bonchev–Trinajstić information content (AvgIpc) is 2.27. The van der Waals surface area contributed by atoms with E-state index in [2.05, 4.69) is 0 Å². The van der Waals surface area contributed by atoms with Gasteiger partial charge < -0.3 is 0 Å². The molecule has 0 atom stereocenters. The van der Waals surface area contributed by atoms with Crippen molar-refractivity contribution in [2.45, 2.75) is 11.3 Å². The van der Waals surface area contributed by atoms with Gasteiger partial charge in [-0.2, -0.15) is 9.57 Å². The number of halogens is 3. The van der Waals surface area contributed by atoms with E-state index in [1.165, 1.54) is 6.07 Å². The molecule has 0 unspecified atom stereocenters. The van der Waals surface area contributed by atoms with Gasteiger partial charge in [0.1, 0.15) is 22.3 Å². The Kier molecular flexibility index (Phi) is 4.32. The van der Waals surface area contributed by atoms with Crippen molar-refractivity contribution in [3.63, 3.8) is 0 Å². The molecule has 0 aliphatic rings. The van der Waals surface area contributed by atoms with Crippen molar-refractivity contribution in [1.82, 2.24) is 4.31 Å². The molecule has 0 aromatic heterocycles. The molecule has 0 aliphatic carbocycles. The maximum atomic E-state index is 13.3. The van der Waals surface area contributed by atoms with Crippen LogP contribution >= 0.6 is 0 Å². The second-order valence-electron chi connectivity index (χ2n) is 3.40. The standard InChI is InChI=1S/C10H9F3N2O2S/c1-15(6-10(12)13)18(16,17)9-4-2-3-8(11)7(9)5-14/h2-4,10H,6H2,1H3. The lowest BCUT2D eigenvalue weighted by atomic mass is 10.2. The van der Waals surface area contributed by atoms with Gasteiger partial charge in [-0.05, 0) is 12.1 Å². The zero-order chi connectivity index (χ0) is 13.9. The molecular formula is C10H9F3N2O2S. The summed E-state index contributed by atoms with van der Waals surface area (Å²) in [6, 6.07) is 4.43. The number of alkyl halides is 2. The highest BCUT2D eigenvalue weighted by atomic mass is 32.2. The molecule has 0 spiro atoms. The van der Waals surface area contributed by atoms with Crippen molar-refractivity contribution in [2.75, 3.05) is 13.6 Å². The number of nitrogens with zero attached hydrogens (tertiary/aromatic N) is 2. The summed E-state index contributed by atoms with van der Waals surface area (Å²) in [5, 5.41) is 8.71. The van der Waals surface area contributed by atoms with Crippen LogP contribution < -0.4 is 0 Å². The molecule has 0 heterocycles. The van der Waals surface area contributed by atoms with E-state index in [-0.39, 0.29) is 0 Å². The van der Waals surface area contributed by atoms with Gasteiger partial charge in [-0.15, -0.1) is 0 Å². The first-order valence-corrected chi connectivity index (χ1v) is 6.17. The molecule has 0 N–H and O–H groups in total. The first-order chi connectivity index (χ1) is 8.30. The van der Waals surface area contributed by atoms with Crippen LogP contribution in [0.1, 0.15) is 5.56 Å². The third-order valence-corrected chi connectivity index (χ3v) is 4.04. The molecule has 0 aliphatic heterocycles. The summed E-state index contributed by atoms with van der Waals surface area (Å²) >= 11 is 0. The Morgan fingerprint density at radius 3 is 2.56 bits per heavy atom. The molecule has 1 rings (SSSR count). The Labute approximate surface area is 102 Å². The molecule has 0 fully saturated rings. The van der Waals surface area contributed by atoms with Crippen LogP contribution in [-0.2, 0) is 10.0 Å². The SMILES string of the molecule is CN(CC(F)F)S(=O)(=O)c1cccc(F)c1C#N. The van der Waals surface area contributed by atoms with Gasteiger partial charge in [-0.25, -0.2) is 21.6 Å². The number of benzene rings is 1. The van der Waals surface area contributed by atoms with E-state index in [0.717, 1.165) is 25.2 Å². The third kappa shape index (κ3) is 2.80. The zero-order valence-corrected chi connectivity index (χ0v) is 10.1. The Balaban J connectivity index is 3.30. The fourth-order valence-electron chi connectivity index (χ4n) is 1.29. The average molecular weight is 278 g/mol. The van der Waals surface area contributed by atoms with Crippen LogP contribution in [-0.4, -0.2) is 32.7 Å². The summed E-state index contributed by atoms with van der Waals surface area (Å²) in [4.78, 5) is -0.617. The zero-order valence-electron chi connectivity index (χ0n) is 9.27. The molecule has 1 aromatic carbocycles. The summed E-state index contributed by atoms with van der Waals surface area (Å²) in [6.07, 6.45) is -2.86. The number of nitriles is 1. The number of rotatable bonds is 4. The lowest BCUT2D eigenvalue weighted by Crippen LogP contribution is -2.32. The lowest BCUT2D eigenvalue weighted by molar-refractivity contribution is 0.126. The topological polar surface area (TPSA) is 61.2 Å². The van der Waals surface area contributed by atoms with E-state index in [1.54, 1.807) is 0 Å². The van der Waals surface area contributed by atoms with Crippen LogP contribution in [0.25, 0.3) is 0 Å². The molecule has 1 aromatic rings. The van der Waals surface area contributed by atoms with Gasteiger partial charge in [-0.3, -0.25) is 0 Å². The predicted molar refractivity (Wildman–Crippen MR) is 56.9 cm³/mol. The van der Waals surface area contributed by atoms with Crippen molar-refractivity contribution in [3.8, 4) is 6.07 Å². The monoisotopic (exact) mass is 278 g/mol. The maximum Gasteiger partial charge on any atom is 0.252 e. The smallest absolute Gasteiger partial charge is 0.209 e. The summed E-state index contributed by atoms with van der Waals surface area (Å²) in [5.74, 6) is -1.01. The van der Waals surface area contributed by atoms with E-state index >= 15 is 0 Å². The molecular weight excluding hydrogens is 269 g/mol. The van der Waals surface area contributed by atoms with Crippen LogP contribution in [0.4, 0.5) is 13.2 Å². The molecule has 0 saturated heterocycles. The fourth-order valence-corrected chi connectivity index (χ4v) is 2.58. The summed E-state index contributed by atoms with van der Waals surface area (Å²) in [5.41, 5.74) is -0.682. The second-order valence-corrected chi connectivity index (χ2v) is 5.41. The van der Waals surface area contributed by atoms with Crippen LogP contribution in [0, 0.1) is 17.1 Å². The van der Waals surface area contributed by atoms with Crippen LogP contribution in [0.2, 0.25) is 0 Å². The number of hydrogen-bond acceptors (Lipinski definition) is 3. The first kappa shape index (κ1) is 14.5. The van der Waals surface area contributed by atoms with Crippen molar-refractivity contribution in [3.05, 3.63) is 29.6 Å². The van der Waals surface area contributed by atoms with Crippen LogP contribution in [0.3, 0.4) is 0 Å². The van der Waals surface area contributed by atoms with E-state index < -0.39 is 39.3 Å². The van der Waals surface area contributed by atoms with Crippen molar-refractivity contribution in [1.29, 1.82) is 5.26 Å². The van der Waals surface area contributed by atoms with Crippen molar-refractivity contribution >= 4 is 10.0 Å². The van der Waals surface area contributed by atoms with Gasteiger partial charge in [0, 0.05) is 7.05 Å². The minimum absolute atomic E-state index is 0.382. The molecule has 0 bridgehead atoms. The Hall–Kier alpha value is -1.59. The number of hydrogen-bond donors (Lipinski definition) is 0. The minimum Gasteiger partial charge on any atom is -0.209 e. The number of sulfonamides is 1. The minimum atomic E-state index is -4.31. The summed E-state index contributed by atoms with van der Waals surface area (Å²) < 4.78 is 61.7. The van der Waals surface area contributed by atoms with Crippen molar-refractivity contribution < 1.29 is 21.6 Å². The predicted octanol–water partition coefficient (Wildman–Crippen LogP) is 1.58. The van der Waals surface area contributed by atoms with Gasteiger partial charge in [0.05, 0.1) is 6.54 Å². The van der Waals surface area contributed by atoms with E-state index in [0.29, 0.717) is 4.31 Å².